The van der Waals surface area contributed by atoms with Crippen molar-refractivity contribution in [2.45, 2.75) is 38.5 Å². The number of nitrogens with zero attached hydrogens (tertiary/aromatic N) is 2. The predicted octanol–water partition coefficient (Wildman–Crippen LogP) is 16.9. The summed E-state index contributed by atoms with van der Waals surface area (Å²) >= 11 is 8.90. The zero-order chi connectivity index (χ0) is 42.8. The summed E-state index contributed by atoms with van der Waals surface area (Å²) in [7, 11) is 0. The number of benzene rings is 5. The van der Waals surface area contributed by atoms with E-state index in [1.165, 1.54) is 92.9 Å². The minimum Gasteiger partial charge on any atom is -0.417 e. The largest absolute Gasteiger partial charge is 0.417 e. The molecule has 0 unspecified atom stereocenters. The van der Waals surface area contributed by atoms with Gasteiger partial charge >= 0.3 is 0 Å². The van der Waals surface area contributed by atoms with E-state index in [0.29, 0.717) is 6.47 Å². The van der Waals surface area contributed by atoms with Crippen molar-refractivity contribution in [2.75, 3.05) is 4.90 Å². The van der Waals surface area contributed by atoms with Gasteiger partial charge in [0, 0.05) is 72.3 Å². The molecule has 0 radical (unpaired) electrons. The van der Waals surface area contributed by atoms with E-state index in [2.05, 4.69) is 166 Å². The van der Waals surface area contributed by atoms with Crippen LogP contribution in [0.15, 0.2) is 139 Å². The molecule has 5 heterocycles. The molecule has 0 N–H and O–H groups in total. The number of ether oxygens (including phenoxy) is 1. The van der Waals surface area contributed by atoms with Crippen molar-refractivity contribution in [3.63, 3.8) is 0 Å². The van der Waals surface area contributed by atoms with E-state index in [0.717, 1.165) is 21.9 Å². The van der Waals surface area contributed by atoms with Crippen LogP contribution in [0.2, 0.25) is 0 Å². The van der Waals surface area contributed by atoms with Gasteiger partial charge in [0.1, 0.15) is 6.07 Å². The number of thiophene rings is 5. The third-order valence-corrected chi connectivity index (χ3v) is 19.2. The second-order valence-corrected chi connectivity index (χ2v) is 22.6. The Hall–Kier alpha value is -6.12. The average molecular weight is 905 g/mol. The van der Waals surface area contributed by atoms with Crippen molar-refractivity contribution < 1.29 is 9.53 Å². The highest BCUT2D eigenvalue weighted by molar-refractivity contribution is 7.40. The lowest BCUT2D eigenvalue weighted by atomic mass is 9.82. The molecule has 4 nitrogen and oxygen atoms in total. The fourth-order valence-electron chi connectivity index (χ4n) is 9.80. The molecule has 10 aromatic rings. The van der Waals surface area contributed by atoms with Gasteiger partial charge in [0.15, 0.2) is 0 Å². The number of allylic oxidation sites excluding steroid dienone is 1. The molecular weight excluding hydrogens is 869 g/mol. The van der Waals surface area contributed by atoms with Crippen LogP contribution in [0, 0.1) is 11.3 Å². The van der Waals surface area contributed by atoms with E-state index in [4.69, 9.17) is 4.74 Å². The smallest absolute Gasteiger partial charge is 0.299 e. The molecule has 0 spiro atoms. The molecule has 0 saturated heterocycles. The lowest BCUT2D eigenvalue weighted by Crippen LogP contribution is -2.18. The molecule has 304 valence electrons. The highest BCUT2D eigenvalue weighted by atomic mass is 32.1. The van der Waals surface area contributed by atoms with Crippen molar-refractivity contribution in [3.8, 4) is 48.5 Å². The summed E-state index contributed by atoms with van der Waals surface area (Å²) in [5, 5.41) is 9.30. The third kappa shape index (κ3) is 5.97. The van der Waals surface area contributed by atoms with Gasteiger partial charge in [0.2, 0.25) is 5.76 Å². The van der Waals surface area contributed by atoms with Crippen molar-refractivity contribution in [2.24, 2.45) is 0 Å². The first-order valence-electron chi connectivity index (χ1n) is 20.7. The fraction of sp³-hybridized carbons (Fsp3) is 0.111. The van der Waals surface area contributed by atoms with E-state index >= 15 is 0 Å². The first-order chi connectivity index (χ1) is 30.6. The molecule has 0 atom stereocenters. The first-order valence-corrected chi connectivity index (χ1v) is 24.8. The Kier molecular flexibility index (Phi) is 8.69. The van der Waals surface area contributed by atoms with Crippen LogP contribution in [-0.2, 0) is 20.4 Å². The Labute approximate surface area is 384 Å². The molecule has 5 aromatic heterocycles. The number of rotatable bonds is 8. The standard InChI is InChI=1S/C54H36N2O2S5/c1-53(2)40-11-7-5-9-36(40)38-19-17-32(21-42(38)53)56(33-18-20-39-37-10-6-8-12-41(37)54(3,4)43(39)22-33)31-15-13-30(14-16-31)44-25-45-46(60-44)26-47(61-45)48-27-50-52(63-48)51-49(62-50)24-35(59-51)23-34(28-55)58-29-57/h5-27,29H,1-4H3/b34-23-. The molecule has 63 heavy (non-hydrogen) atoms. The summed E-state index contributed by atoms with van der Waals surface area (Å²) in [5.41, 5.74) is 15.2. The molecule has 0 amide bonds. The zero-order valence-electron chi connectivity index (χ0n) is 34.6. The fourth-order valence-corrected chi connectivity index (χ4v) is 16.2. The maximum atomic E-state index is 10.8. The van der Waals surface area contributed by atoms with E-state index < -0.39 is 0 Å². The molecule has 0 fully saturated rings. The minimum atomic E-state index is -0.109. The lowest BCUT2D eigenvalue weighted by Gasteiger charge is -2.30. The van der Waals surface area contributed by atoms with Crippen LogP contribution in [0.25, 0.3) is 76.7 Å². The number of hydrogen-bond donors (Lipinski definition) is 0. The lowest BCUT2D eigenvalue weighted by molar-refractivity contribution is -0.124. The summed E-state index contributed by atoms with van der Waals surface area (Å²) in [6, 6.07) is 52.0. The number of carbonyl (C=O) groups is 1. The Balaban J connectivity index is 0.885. The van der Waals surface area contributed by atoms with Crippen LogP contribution < -0.4 is 4.90 Å². The zero-order valence-corrected chi connectivity index (χ0v) is 38.7. The summed E-state index contributed by atoms with van der Waals surface area (Å²) in [6.07, 6.45) is 1.63. The van der Waals surface area contributed by atoms with E-state index in [9.17, 15) is 10.1 Å². The molecule has 9 heteroatoms. The first kappa shape index (κ1) is 38.5. The SMILES string of the molecule is CC1(C)c2ccccc2-c2ccc(N(c3ccc(-c4cc5sc(-c6cc7sc8cc(/C=C(/C#N)OC=O)sc8c7s6)cc5s4)cc3)c3ccc4c(c3)C(C)(C)c3ccccc3-4)cc21. The Morgan fingerprint density at radius 1 is 0.540 bits per heavy atom. The van der Waals surface area contributed by atoms with Gasteiger partial charge in [-0.3, -0.25) is 4.79 Å². The van der Waals surface area contributed by atoms with Crippen molar-refractivity contribution >= 4 is 114 Å². The maximum Gasteiger partial charge on any atom is 0.299 e. The number of nitriles is 1. The summed E-state index contributed by atoms with van der Waals surface area (Å²) in [5.74, 6) is -0.00483. The Morgan fingerprint density at radius 2 is 1.05 bits per heavy atom. The summed E-state index contributed by atoms with van der Waals surface area (Å²) in [6.45, 7) is 9.71. The second-order valence-electron chi connectivity index (χ2n) is 17.2. The van der Waals surface area contributed by atoms with Crippen LogP contribution in [0.3, 0.4) is 0 Å². The number of carbonyl (C=O) groups excluding carboxylic acids is 1. The highest BCUT2D eigenvalue weighted by Gasteiger charge is 2.37. The quantitative estimate of drug-likeness (QED) is 0.0866. The highest BCUT2D eigenvalue weighted by Crippen LogP contribution is 2.54. The van der Waals surface area contributed by atoms with Crippen LogP contribution in [-0.4, -0.2) is 6.47 Å². The summed E-state index contributed by atoms with van der Waals surface area (Å²) < 4.78 is 12.3. The minimum absolute atomic E-state index is 0.00483. The van der Waals surface area contributed by atoms with Gasteiger partial charge in [-0.15, -0.1) is 56.7 Å². The van der Waals surface area contributed by atoms with E-state index in [-0.39, 0.29) is 16.6 Å². The topological polar surface area (TPSA) is 53.3 Å². The molecule has 5 aromatic carbocycles. The molecule has 2 aliphatic rings. The maximum absolute atomic E-state index is 10.8. The monoisotopic (exact) mass is 904 g/mol. The average Bonchev–Trinajstić information content (AvgIpc) is 4.16. The molecule has 2 aliphatic carbocycles. The van der Waals surface area contributed by atoms with Crippen LogP contribution in [0.1, 0.15) is 54.8 Å². The molecule has 0 aliphatic heterocycles. The van der Waals surface area contributed by atoms with Gasteiger partial charge in [0.05, 0.1) is 9.40 Å². The molecule has 0 bridgehead atoms. The number of fused-ring (bicyclic) bond motifs is 10. The molecule has 12 rings (SSSR count). The summed E-state index contributed by atoms with van der Waals surface area (Å²) in [4.78, 5) is 17.9. The Morgan fingerprint density at radius 3 is 1.67 bits per heavy atom. The predicted molar refractivity (Wildman–Crippen MR) is 270 cm³/mol. The number of hydrogen-bond acceptors (Lipinski definition) is 9. The Bertz CT molecular complexity index is 3460. The van der Waals surface area contributed by atoms with E-state index in [1.54, 1.807) is 28.7 Å². The van der Waals surface area contributed by atoms with Gasteiger partial charge in [-0.2, -0.15) is 5.26 Å². The normalized spacial score (nSPS) is 14.4. The van der Waals surface area contributed by atoms with Crippen molar-refractivity contribution in [3.05, 3.63) is 166 Å². The van der Waals surface area contributed by atoms with Crippen LogP contribution in [0.4, 0.5) is 17.1 Å². The third-order valence-electron chi connectivity index (χ3n) is 12.9. The van der Waals surface area contributed by atoms with Gasteiger partial charge in [0.25, 0.3) is 6.47 Å². The van der Waals surface area contributed by atoms with Crippen LogP contribution >= 0.6 is 56.7 Å². The van der Waals surface area contributed by atoms with Crippen molar-refractivity contribution in [1.82, 2.24) is 0 Å². The van der Waals surface area contributed by atoms with E-state index in [1.807, 2.05) is 40.1 Å². The van der Waals surface area contributed by atoms with Crippen molar-refractivity contribution in [1.29, 1.82) is 5.26 Å². The van der Waals surface area contributed by atoms with Gasteiger partial charge in [-0.25, -0.2) is 0 Å². The van der Waals surface area contributed by atoms with Gasteiger partial charge < -0.3 is 9.64 Å². The number of anilines is 3. The molecule has 0 saturated carbocycles. The second kappa shape index (κ2) is 14.2. The molecular formula is C54H36N2O2S5. The van der Waals surface area contributed by atoms with Crippen LogP contribution in [0.5, 0.6) is 0 Å². The van der Waals surface area contributed by atoms with Gasteiger partial charge in [-0.1, -0.05) is 100 Å². The van der Waals surface area contributed by atoms with Gasteiger partial charge in [-0.05, 0) is 111 Å².